The van der Waals surface area contributed by atoms with E-state index in [9.17, 15) is 9.90 Å². The molecule has 2 aromatic rings. The summed E-state index contributed by atoms with van der Waals surface area (Å²) < 4.78 is 0. The van der Waals surface area contributed by atoms with Crippen molar-refractivity contribution in [2.24, 2.45) is 5.10 Å². The number of amides is 1. The maximum atomic E-state index is 11.8. The molecular weight excluding hydrogens is 278 g/mol. The molecule has 1 amide bonds. The number of nitrogens with zero attached hydrogens (tertiary/aromatic N) is 2. The second kappa shape index (κ2) is 7.26. The maximum Gasteiger partial charge on any atom is 0.271 e. The largest absolute Gasteiger partial charge is 0.508 e. The molecule has 0 atom stereocenters. The highest BCUT2D eigenvalue weighted by Crippen LogP contribution is 2.12. The van der Waals surface area contributed by atoms with Gasteiger partial charge in [-0.05, 0) is 48.9 Å². The van der Waals surface area contributed by atoms with Gasteiger partial charge in [0.2, 0.25) is 0 Å². The van der Waals surface area contributed by atoms with Gasteiger partial charge < -0.3 is 10.0 Å². The summed E-state index contributed by atoms with van der Waals surface area (Å²) in [5.41, 5.74) is 4.93. The average Bonchev–Trinajstić information content (AvgIpc) is 2.55. The molecule has 0 aliphatic heterocycles. The van der Waals surface area contributed by atoms with Crippen molar-refractivity contribution in [3.05, 3.63) is 59.7 Å². The summed E-state index contributed by atoms with van der Waals surface area (Å²) in [4.78, 5) is 13.9. The summed E-state index contributed by atoms with van der Waals surface area (Å²) in [5.74, 6) is -0.198. The molecule has 0 aliphatic carbocycles. The molecule has 0 aliphatic rings. The Bertz CT molecular complexity index is 649. The summed E-state index contributed by atoms with van der Waals surface area (Å²) in [6.07, 6.45) is 1.59. The lowest BCUT2D eigenvalue weighted by molar-refractivity contribution is 0.0955. The summed E-state index contributed by atoms with van der Waals surface area (Å²) in [7, 11) is 2.03. The third-order valence-electron chi connectivity index (χ3n) is 3.32. The van der Waals surface area contributed by atoms with Crippen LogP contribution in [-0.4, -0.2) is 30.8 Å². The number of phenolic OH excluding ortho intramolecular Hbond substituents is 1. The predicted molar refractivity (Wildman–Crippen MR) is 88.6 cm³/mol. The highest BCUT2D eigenvalue weighted by atomic mass is 16.3. The molecule has 0 saturated heterocycles. The van der Waals surface area contributed by atoms with E-state index in [-0.39, 0.29) is 11.7 Å². The van der Waals surface area contributed by atoms with Crippen LogP contribution in [0.2, 0.25) is 0 Å². The second-order valence-corrected chi connectivity index (χ2v) is 4.85. The molecule has 0 saturated carbocycles. The second-order valence-electron chi connectivity index (χ2n) is 4.85. The normalized spacial score (nSPS) is 10.6. The van der Waals surface area contributed by atoms with Gasteiger partial charge in [-0.1, -0.05) is 12.1 Å². The number of rotatable bonds is 5. The van der Waals surface area contributed by atoms with Gasteiger partial charge in [-0.3, -0.25) is 4.79 Å². The standard InChI is InChI=1S/C17H19N3O2/c1-3-20(2)15-8-4-13(5-9-15)12-18-19-17(22)14-6-10-16(21)11-7-14/h4-12,21H,3H2,1-2H3,(H,19,22)/b18-12+. The molecule has 0 radical (unpaired) electrons. The number of anilines is 1. The van der Waals surface area contributed by atoms with E-state index in [4.69, 9.17) is 0 Å². The van der Waals surface area contributed by atoms with Crippen LogP contribution in [0.3, 0.4) is 0 Å². The van der Waals surface area contributed by atoms with Gasteiger partial charge in [0.1, 0.15) is 5.75 Å². The van der Waals surface area contributed by atoms with Gasteiger partial charge >= 0.3 is 0 Å². The molecule has 0 bridgehead atoms. The molecule has 0 unspecified atom stereocenters. The van der Waals surface area contributed by atoms with Gasteiger partial charge in [0, 0.05) is 24.8 Å². The lowest BCUT2D eigenvalue weighted by Gasteiger charge is -2.16. The molecule has 5 nitrogen and oxygen atoms in total. The Labute approximate surface area is 129 Å². The molecule has 0 aromatic heterocycles. The van der Waals surface area contributed by atoms with Gasteiger partial charge in [-0.2, -0.15) is 5.10 Å². The number of nitrogens with one attached hydrogen (secondary N) is 1. The summed E-state index contributed by atoms with van der Waals surface area (Å²) in [6, 6.07) is 13.9. The first-order valence-corrected chi connectivity index (χ1v) is 7.04. The topological polar surface area (TPSA) is 64.9 Å². The summed E-state index contributed by atoms with van der Waals surface area (Å²) in [6.45, 7) is 3.03. The van der Waals surface area contributed by atoms with Crippen LogP contribution in [0.15, 0.2) is 53.6 Å². The first-order chi connectivity index (χ1) is 10.6. The number of carbonyl (C=O) groups is 1. The van der Waals surface area contributed by atoms with E-state index in [1.54, 1.807) is 6.21 Å². The Kier molecular flexibility index (Phi) is 5.14. The predicted octanol–water partition coefficient (Wildman–Crippen LogP) is 2.61. The Balaban J connectivity index is 1.94. The van der Waals surface area contributed by atoms with Gasteiger partial charge in [0.15, 0.2) is 0 Å². The number of aromatic hydroxyl groups is 1. The van der Waals surface area contributed by atoms with E-state index in [1.807, 2.05) is 31.3 Å². The van der Waals surface area contributed by atoms with Crippen molar-refractivity contribution in [2.45, 2.75) is 6.92 Å². The number of benzene rings is 2. The minimum atomic E-state index is -0.321. The maximum absolute atomic E-state index is 11.8. The minimum Gasteiger partial charge on any atom is -0.508 e. The lowest BCUT2D eigenvalue weighted by atomic mass is 10.2. The fourth-order valence-electron chi connectivity index (χ4n) is 1.84. The first kappa shape index (κ1) is 15.6. The van der Waals surface area contributed by atoms with Crippen molar-refractivity contribution in [3.8, 4) is 5.75 Å². The van der Waals surface area contributed by atoms with Crippen LogP contribution in [0.25, 0.3) is 0 Å². The molecule has 22 heavy (non-hydrogen) atoms. The van der Waals surface area contributed by atoms with E-state index in [1.165, 1.54) is 24.3 Å². The Morgan fingerprint density at radius 3 is 2.41 bits per heavy atom. The average molecular weight is 297 g/mol. The highest BCUT2D eigenvalue weighted by Gasteiger charge is 2.03. The number of hydrazone groups is 1. The van der Waals surface area contributed by atoms with Gasteiger partial charge in [0.05, 0.1) is 6.21 Å². The van der Waals surface area contributed by atoms with Crippen molar-refractivity contribution in [1.82, 2.24) is 5.43 Å². The fourth-order valence-corrected chi connectivity index (χ4v) is 1.84. The number of phenols is 1. The van der Waals surface area contributed by atoms with Crippen LogP contribution in [-0.2, 0) is 0 Å². The van der Waals surface area contributed by atoms with E-state index in [2.05, 4.69) is 22.4 Å². The van der Waals surface area contributed by atoms with Crippen molar-refractivity contribution in [3.63, 3.8) is 0 Å². The zero-order chi connectivity index (χ0) is 15.9. The molecule has 2 rings (SSSR count). The van der Waals surface area contributed by atoms with Gasteiger partial charge in [0.25, 0.3) is 5.91 Å². The van der Waals surface area contributed by atoms with Crippen molar-refractivity contribution < 1.29 is 9.90 Å². The van der Waals surface area contributed by atoms with Crippen LogP contribution < -0.4 is 10.3 Å². The molecule has 0 fully saturated rings. The Morgan fingerprint density at radius 1 is 1.18 bits per heavy atom. The molecule has 114 valence electrons. The molecule has 2 N–H and O–H groups in total. The van der Waals surface area contributed by atoms with Gasteiger partial charge in [-0.25, -0.2) is 5.43 Å². The third kappa shape index (κ3) is 4.09. The summed E-state index contributed by atoms with van der Waals surface area (Å²) in [5, 5.41) is 13.1. The third-order valence-corrected chi connectivity index (χ3v) is 3.32. The van der Waals surface area contributed by atoms with E-state index >= 15 is 0 Å². The van der Waals surface area contributed by atoms with Crippen LogP contribution in [0.4, 0.5) is 5.69 Å². The monoisotopic (exact) mass is 297 g/mol. The van der Waals surface area contributed by atoms with E-state index in [0.29, 0.717) is 5.56 Å². The van der Waals surface area contributed by atoms with Crippen molar-refractivity contribution in [1.29, 1.82) is 0 Å². The van der Waals surface area contributed by atoms with Crippen LogP contribution in [0.1, 0.15) is 22.8 Å². The van der Waals surface area contributed by atoms with Crippen LogP contribution in [0, 0.1) is 0 Å². The van der Waals surface area contributed by atoms with Crippen LogP contribution >= 0.6 is 0 Å². The number of hydrogen-bond acceptors (Lipinski definition) is 4. The smallest absolute Gasteiger partial charge is 0.271 e. The van der Waals surface area contributed by atoms with Crippen molar-refractivity contribution >= 4 is 17.8 Å². The Morgan fingerprint density at radius 2 is 1.82 bits per heavy atom. The minimum absolute atomic E-state index is 0.122. The van der Waals surface area contributed by atoms with E-state index < -0.39 is 0 Å². The highest BCUT2D eigenvalue weighted by molar-refractivity contribution is 5.95. The molecular formula is C17H19N3O2. The lowest BCUT2D eigenvalue weighted by Crippen LogP contribution is -2.17. The molecule has 5 heteroatoms. The number of hydrogen-bond donors (Lipinski definition) is 2. The number of carbonyl (C=O) groups excluding carboxylic acids is 1. The SMILES string of the molecule is CCN(C)c1ccc(/C=N/NC(=O)c2ccc(O)cc2)cc1. The molecule has 2 aromatic carbocycles. The quantitative estimate of drug-likeness (QED) is 0.658. The van der Waals surface area contributed by atoms with Gasteiger partial charge in [-0.15, -0.1) is 0 Å². The van der Waals surface area contributed by atoms with E-state index in [0.717, 1.165) is 17.8 Å². The zero-order valence-corrected chi connectivity index (χ0v) is 12.7. The zero-order valence-electron chi connectivity index (χ0n) is 12.7. The van der Waals surface area contributed by atoms with Crippen molar-refractivity contribution in [2.75, 3.05) is 18.5 Å². The Hall–Kier alpha value is -2.82. The van der Waals surface area contributed by atoms with Crippen LogP contribution in [0.5, 0.6) is 5.75 Å². The first-order valence-electron chi connectivity index (χ1n) is 7.04. The molecule has 0 spiro atoms. The fraction of sp³-hybridized carbons (Fsp3) is 0.176. The summed E-state index contributed by atoms with van der Waals surface area (Å²) >= 11 is 0. The molecule has 0 heterocycles.